The summed E-state index contributed by atoms with van der Waals surface area (Å²) >= 11 is 0. The van der Waals surface area contributed by atoms with E-state index in [4.69, 9.17) is 9.15 Å². The fraction of sp³-hybridized carbons (Fsp3) is 0.304. The molecule has 29 heavy (non-hydrogen) atoms. The number of nitrogens with one attached hydrogen (secondary N) is 1. The minimum Gasteiger partial charge on any atom is -0.450 e. The smallest absolute Gasteiger partial charge is 0.375 e. The van der Waals surface area contributed by atoms with E-state index >= 15 is 0 Å². The van der Waals surface area contributed by atoms with Gasteiger partial charge in [0, 0.05) is 34.9 Å². The van der Waals surface area contributed by atoms with Crippen LogP contribution in [-0.2, 0) is 9.53 Å². The van der Waals surface area contributed by atoms with E-state index in [0.717, 1.165) is 17.6 Å². The molecule has 6 heteroatoms. The van der Waals surface area contributed by atoms with Gasteiger partial charge in [0.05, 0.1) is 0 Å². The summed E-state index contributed by atoms with van der Waals surface area (Å²) in [7, 11) is 0. The lowest BCUT2D eigenvalue weighted by Gasteiger charge is -2.27. The second-order valence-corrected chi connectivity index (χ2v) is 7.10. The van der Waals surface area contributed by atoms with Crippen molar-refractivity contribution < 1.29 is 18.7 Å². The Morgan fingerprint density at radius 3 is 2.41 bits per heavy atom. The minimum absolute atomic E-state index is 0.122. The van der Waals surface area contributed by atoms with Crippen molar-refractivity contribution in [3.63, 3.8) is 0 Å². The van der Waals surface area contributed by atoms with Gasteiger partial charge in [-0.05, 0) is 58.0 Å². The first-order chi connectivity index (χ1) is 13.9. The highest BCUT2D eigenvalue weighted by atomic mass is 16.5. The van der Waals surface area contributed by atoms with Gasteiger partial charge in [-0.3, -0.25) is 4.79 Å². The first kappa shape index (κ1) is 20.5. The van der Waals surface area contributed by atoms with Gasteiger partial charge in [-0.2, -0.15) is 0 Å². The third-order valence-corrected chi connectivity index (χ3v) is 4.81. The SMILES string of the molecule is CCN(c1ccc(NC(=O)COC(=O)c2oc3ccccc3c2C)cc1)C(C)C. The number of ether oxygens (including phenoxy) is 1. The molecular formula is C23H26N2O4. The zero-order valence-corrected chi connectivity index (χ0v) is 17.2. The number of esters is 1. The molecule has 1 N–H and O–H groups in total. The van der Waals surface area contributed by atoms with Crippen molar-refractivity contribution in [2.75, 3.05) is 23.4 Å². The van der Waals surface area contributed by atoms with Crippen LogP contribution < -0.4 is 10.2 Å². The zero-order valence-electron chi connectivity index (χ0n) is 17.2. The van der Waals surface area contributed by atoms with Crippen molar-refractivity contribution >= 4 is 34.2 Å². The number of benzene rings is 2. The summed E-state index contributed by atoms with van der Waals surface area (Å²) < 4.78 is 10.7. The Labute approximate surface area is 170 Å². The van der Waals surface area contributed by atoms with Crippen molar-refractivity contribution in [2.45, 2.75) is 33.7 Å². The van der Waals surface area contributed by atoms with Gasteiger partial charge in [0.25, 0.3) is 5.91 Å². The molecule has 0 aliphatic carbocycles. The minimum atomic E-state index is -0.653. The molecule has 0 saturated carbocycles. The number of hydrogen-bond acceptors (Lipinski definition) is 5. The Morgan fingerprint density at radius 1 is 1.10 bits per heavy atom. The summed E-state index contributed by atoms with van der Waals surface area (Å²) in [6, 6.07) is 15.4. The monoisotopic (exact) mass is 394 g/mol. The fourth-order valence-corrected chi connectivity index (χ4v) is 3.34. The predicted octanol–water partition coefficient (Wildman–Crippen LogP) is 4.77. The van der Waals surface area contributed by atoms with E-state index in [-0.39, 0.29) is 12.4 Å². The molecular weight excluding hydrogens is 368 g/mol. The molecule has 0 bridgehead atoms. The number of nitrogens with zero attached hydrogens (tertiary/aromatic N) is 1. The molecule has 2 aromatic carbocycles. The standard InChI is InChI=1S/C23H26N2O4/c1-5-25(15(2)3)18-12-10-17(11-13-18)24-21(26)14-28-23(27)22-16(4)19-8-6-7-9-20(19)29-22/h6-13,15H,5,14H2,1-4H3,(H,24,26). The largest absolute Gasteiger partial charge is 0.450 e. The van der Waals surface area contributed by atoms with Crippen molar-refractivity contribution in [3.8, 4) is 0 Å². The molecule has 0 unspecified atom stereocenters. The summed E-state index contributed by atoms with van der Waals surface area (Å²) in [5.41, 5.74) is 3.05. The summed E-state index contributed by atoms with van der Waals surface area (Å²) in [4.78, 5) is 26.7. The highest BCUT2D eigenvalue weighted by Gasteiger charge is 2.19. The van der Waals surface area contributed by atoms with E-state index in [9.17, 15) is 9.59 Å². The van der Waals surface area contributed by atoms with E-state index < -0.39 is 11.9 Å². The van der Waals surface area contributed by atoms with Crippen LogP contribution in [0.15, 0.2) is 52.9 Å². The van der Waals surface area contributed by atoms with Crippen LogP contribution >= 0.6 is 0 Å². The Bertz CT molecular complexity index is 1010. The number of carbonyl (C=O) groups is 2. The molecule has 0 aliphatic rings. The quantitative estimate of drug-likeness (QED) is 0.585. The number of para-hydroxylation sites is 1. The van der Waals surface area contributed by atoms with Crippen LogP contribution in [0.3, 0.4) is 0 Å². The average molecular weight is 394 g/mol. The number of hydrogen-bond donors (Lipinski definition) is 1. The molecule has 0 saturated heterocycles. The number of fused-ring (bicyclic) bond motifs is 1. The second-order valence-electron chi connectivity index (χ2n) is 7.10. The Morgan fingerprint density at radius 2 is 1.79 bits per heavy atom. The van der Waals surface area contributed by atoms with Crippen molar-refractivity contribution in [2.24, 2.45) is 0 Å². The van der Waals surface area contributed by atoms with Gasteiger partial charge in [-0.25, -0.2) is 4.79 Å². The second kappa shape index (κ2) is 8.82. The van der Waals surface area contributed by atoms with E-state index in [1.54, 1.807) is 13.0 Å². The van der Waals surface area contributed by atoms with Crippen LogP contribution in [0.1, 0.15) is 36.9 Å². The van der Waals surface area contributed by atoms with E-state index in [0.29, 0.717) is 22.9 Å². The predicted molar refractivity (Wildman–Crippen MR) is 114 cm³/mol. The molecule has 6 nitrogen and oxygen atoms in total. The first-order valence-electron chi connectivity index (χ1n) is 9.72. The topological polar surface area (TPSA) is 71.8 Å². The lowest BCUT2D eigenvalue weighted by Crippen LogP contribution is -2.30. The average Bonchev–Trinajstić information content (AvgIpc) is 3.05. The lowest BCUT2D eigenvalue weighted by atomic mass is 10.1. The van der Waals surface area contributed by atoms with Crippen LogP contribution in [0.4, 0.5) is 11.4 Å². The Balaban J connectivity index is 1.58. The first-order valence-corrected chi connectivity index (χ1v) is 9.72. The molecule has 3 rings (SSSR count). The van der Waals surface area contributed by atoms with Crippen molar-refractivity contribution in [1.82, 2.24) is 0 Å². The molecule has 0 atom stereocenters. The molecule has 1 amide bonds. The Kier molecular flexibility index (Phi) is 6.22. The number of anilines is 2. The van der Waals surface area contributed by atoms with Crippen LogP contribution in [0.25, 0.3) is 11.0 Å². The molecule has 152 valence electrons. The van der Waals surface area contributed by atoms with Gasteiger partial charge in [0.15, 0.2) is 6.61 Å². The molecule has 1 aromatic heterocycles. The molecule has 0 spiro atoms. The molecule has 0 radical (unpaired) electrons. The van der Waals surface area contributed by atoms with Crippen LogP contribution in [0.2, 0.25) is 0 Å². The summed E-state index contributed by atoms with van der Waals surface area (Å²) in [5, 5.41) is 3.59. The number of carbonyl (C=O) groups excluding carboxylic acids is 2. The summed E-state index contributed by atoms with van der Waals surface area (Å²) in [6.45, 7) is 8.69. The molecule has 0 aliphatic heterocycles. The van der Waals surface area contributed by atoms with E-state index in [1.165, 1.54) is 0 Å². The maximum absolute atomic E-state index is 12.3. The molecule has 3 aromatic rings. The maximum Gasteiger partial charge on any atom is 0.375 e. The fourth-order valence-electron chi connectivity index (χ4n) is 3.34. The lowest BCUT2D eigenvalue weighted by molar-refractivity contribution is -0.119. The third-order valence-electron chi connectivity index (χ3n) is 4.81. The van der Waals surface area contributed by atoms with Crippen LogP contribution in [0, 0.1) is 6.92 Å². The van der Waals surface area contributed by atoms with E-state index in [1.807, 2.05) is 42.5 Å². The van der Waals surface area contributed by atoms with Crippen molar-refractivity contribution in [3.05, 3.63) is 59.9 Å². The normalized spacial score (nSPS) is 10.9. The summed E-state index contributed by atoms with van der Waals surface area (Å²) in [6.07, 6.45) is 0. The van der Waals surface area contributed by atoms with E-state index in [2.05, 4.69) is 31.0 Å². The van der Waals surface area contributed by atoms with Crippen LogP contribution in [0.5, 0.6) is 0 Å². The number of rotatable bonds is 7. The van der Waals surface area contributed by atoms with Gasteiger partial charge < -0.3 is 19.4 Å². The van der Waals surface area contributed by atoms with Crippen molar-refractivity contribution in [1.29, 1.82) is 0 Å². The van der Waals surface area contributed by atoms with Gasteiger partial charge in [-0.15, -0.1) is 0 Å². The Hall–Kier alpha value is -3.28. The number of amides is 1. The van der Waals surface area contributed by atoms with Gasteiger partial charge in [0.2, 0.25) is 5.76 Å². The number of aryl methyl sites for hydroxylation is 1. The maximum atomic E-state index is 12.3. The molecule has 0 fully saturated rings. The third kappa shape index (κ3) is 4.59. The zero-order chi connectivity index (χ0) is 21.0. The van der Waals surface area contributed by atoms with Gasteiger partial charge >= 0.3 is 5.97 Å². The van der Waals surface area contributed by atoms with Gasteiger partial charge in [-0.1, -0.05) is 18.2 Å². The highest BCUT2D eigenvalue weighted by molar-refractivity contribution is 5.98. The number of furan rings is 1. The summed E-state index contributed by atoms with van der Waals surface area (Å²) in [5.74, 6) is -0.938. The highest BCUT2D eigenvalue weighted by Crippen LogP contribution is 2.25. The van der Waals surface area contributed by atoms with Gasteiger partial charge in [0.1, 0.15) is 5.58 Å². The van der Waals surface area contributed by atoms with Crippen LogP contribution in [-0.4, -0.2) is 31.1 Å². The molecule has 1 heterocycles.